The van der Waals surface area contributed by atoms with Gasteiger partial charge in [0.05, 0.1) is 5.69 Å². The standard InChI is InChI=1S/C17H12ClN5O2S/c18-11-1-3-12(4-2-11)23-14(24)9-13(16(23)25)26-17-20-15(21-22-17)10-5-7-19-8-6-10/h1-8,13H,9H2,(H,20,21,22)/t13-/m0/s1. The van der Waals surface area contributed by atoms with Gasteiger partial charge in [0.25, 0.3) is 0 Å². The van der Waals surface area contributed by atoms with Crippen molar-refractivity contribution in [1.29, 1.82) is 0 Å². The SMILES string of the molecule is O=C1C[C@H](Sc2n[nH]c(-c3ccncc3)n2)C(=O)N1c1ccc(Cl)cc1. The number of benzene rings is 1. The molecule has 1 aliphatic rings. The van der Waals surface area contributed by atoms with E-state index in [4.69, 9.17) is 11.6 Å². The molecule has 9 heteroatoms. The number of aromatic nitrogens is 4. The van der Waals surface area contributed by atoms with E-state index in [1.54, 1.807) is 36.7 Å². The van der Waals surface area contributed by atoms with E-state index < -0.39 is 5.25 Å². The Morgan fingerprint density at radius 2 is 1.85 bits per heavy atom. The maximum absolute atomic E-state index is 12.7. The highest BCUT2D eigenvalue weighted by molar-refractivity contribution is 8.00. The van der Waals surface area contributed by atoms with Crippen LogP contribution in [0, 0.1) is 0 Å². The summed E-state index contributed by atoms with van der Waals surface area (Å²) in [5, 5.41) is 7.37. The summed E-state index contributed by atoms with van der Waals surface area (Å²) >= 11 is 7.04. The van der Waals surface area contributed by atoms with E-state index in [1.165, 1.54) is 16.7 Å². The van der Waals surface area contributed by atoms with Crippen molar-refractivity contribution in [2.45, 2.75) is 16.8 Å². The zero-order chi connectivity index (χ0) is 18.1. The molecule has 2 aromatic heterocycles. The Balaban J connectivity index is 1.51. The summed E-state index contributed by atoms with van der Waals surface area (Å²) in [5.41, 5.74) is 1.36. The molecule has 0 spiro atoms. The van der Waals surface area contributed by atoms with Crippen LogP contribution in [0.1, 0.15) is 6.42 Å². The van der Waals surface area contributed by atoms with Crippen molar-refractivity contribution in [1.82, 2.24) is 20.2 Å². The van der Waals surface area contributed by atoms with Crippen LogP contribution in [0.25, 0.3) is 11.4 Å². The van der Waals surface area contributed by atoms with Gasteiger partial charge in [-0.05, 0) is 36.4 Å². The number of anilines is 1. The number of carbonyl (C=O) groups is 2. The molecule has 0 radical (unpaired) electrons. The third-order valence-electron chi connectivity index (χ3n) is 3.86. The van der Waals surface area contributed by atoms with E-state index in [0.717, 1.165) is 5.56 Å². The first-order valence-electron chi connectivity index (χ1n) is 7.73. The van der Waals surface area contributed by atoms with Crippen LogP contribution in [0.3, 0.4) is 0 Å². The topological polar surface area (TPSA) is 91.8 Å². The molecule has 130 valence electrons. The number of thioether (sulfide) groups is 1. The summed E-state index contributed by atoms with van der Waals surface area (Å²) in [6, 6.07) is 10.2. The number of nitrogens with one attached hydrogen (secondary N) is 1. The number of nitrogens with zero attached hydrogens (tertiary/aromatic N) is 4. The number of halogens is 1. The molecule has 1 aliphatic heterocycles. The molecule has 0 unspecified atom stereocenters. The second-order valence-electron chi connectivity index (χ2n) is 5.56. The number of rotatable bonds is 4. The number of aromatic amines is 1. The van der Waals surface area contributed by atoms with Crippen LogP contribution in [-0.2, 0) is 9.59 Å². The normalized spacial score (nSPS) is 17.1. The average Bonchev–Trinajstić information content (AvgIpc) is 3.22. The van der Waals surface area contributed by atoms with Gasteiger partial charge < -0.3 is 0 Å². The lowest BCUT2D eigenvalue weighted by molar-refractivity contribution is -0.121. The van der Waals surface area contributed by atoms with E-state index in [-0.39, 0.29) is 18.2 Å². The first kappa shape index (κ1) is 16.7. The van der Waals surface area contributed by atoms with Gasteiger partial charge in [0.1, 0.15) is 5.25 Å². The van der Waals surface area contributed by atoms with Crippen LogP contribution in [0.4, 0.5) is 5.69 Å². The van der Waals surface area contributed by atoms with Crippen LogP contribution in [0.5, 0.6) is 0 Å². The Morgan fingerprint density at radius 1 is 1.12 bits per heavy atom. The van der Waals surface area contributed by atoms with Gasteiger partial charge in [-0.2, -0.15) is 0 Å². The van der Waals surface area contributed by atoms with Gasteiger partial charge in [-0.25, -0.2) is 9.88 Å². The fourth-order valence-electron chi connectivity index (χ4n) is 2.62. The molecule has 3 aromatic rings. The molecule has 1 atom stereocenters. The lowest BCUT2D eigenvalue weighted by atomic mass is 10.3. The largest absolute Gasteiger partial charge is 0.274 e. The quantitative estimate of drug-likeness (QED) is 0.694. The Labute approximate surface area is 157 Å². The van der Waals surface area contributed by atoms with Crippen molar-refractivity contribution in [2.24, 2.45) is 0 Å². The van der Waals surface area contributed by atoms with Crippen LogP contribution >= 0.6 is 23.4 Å². The number of amides is 2. The van der Waals surface area contributed by atoms with E-state index in [9.17, 15) is 9.59 Å². The molecule has 0 bridgehead atoms. The van der Waals surface area contributed by atoms with Crippen LogP contribution < -0.4 is 4.90 Å². The number of hydrogen-bond acceptors (Lipinski definition) is 6. The number of hydrogen-bond donors (Lipinski definition) is 1. The average molecular weight is 386 g/mol. The molecule has 0 saturated carbocycles. The monoisotopic (exact) mass is 385 g/mol. The van der Waals surface area contributed by atoms with E-state index in [2.05, 4.69) is 20.2 Å². The molecule has 3 heterocycles. The maximum atomic E-state index is 12.7. The Kier molecular flexibility index (Phi) is 4.44. The Bertz CT molecular complexity index is 961. The summed E-state index contributed by atoms with van der Waals surface area (Å²) in [6.07, 6.45) is 3.42. The Morgan fingerprint density at radius 3 is 2.58 bits per heavy atom. The fraction of sp³-hybridized carbons (Fsp3) is 0.118. The minimum atomic E-state index is -0.556. The van der Waals surface area contributed by atoms with Crippen molar-refractivity contribution < 1.29 is 9.59 Å². The molecule has 1 aromatic carbocycles. The van der Waals surface area contributed by atoms with Gasteiger partial charge in [-0.3, -0.25) is 19.7 Å². The minimum Gasteiger partial charge on any atom is -0.274 e. The number of imide groups is 1. The first-order valence-corrected chi connectivity index (χ1v) is 8.99. The predicted molar refractivity (Wildman–Crippen MR) is 97.8 cm³/mol. The summed E-state index contributed by atoms with van der Waals surface area (Å²) in [5.74, 6) is 0.0542. The van der Waals surface area contributed by atoms with Gasteiger partial charge >= 0.3 is 0 Å². The molecule has 1 saturated heterocycles. The van der Waals surface area contributed by atoms with E-state index in [1.807, 2.05) is 12.1 Å². The fourth-order valence-corrected chi connectivity index (χ4v) is 3.68. The van der Waals surface area contributed by atoms with Crippen molar-refractivity contribution >= 4 is 40.9 Å². The van der Waals surface area contributed by atoms with Gasteiger partial charge in [-0.15, -0.1) is 5.10 Å². The van der Waals surface area contributed by atoms with Gasteiger partial charge in [0, 0.05) is 29.4 Å². The summed E-state index contributed by atoms with van der Waals surface area (Å²) in [7, 11) is 0. The number of carbonyl (C=O) groups excluding carboxylic acids is 2. The molecule has 1 fully saturated rings. The lowest BCUT2D eigenvalue weighted by Gasteiger charge is -2.14. The molecular formula is C17H12ClN5O2S. The molecule has 0 aliphatic carbocycles. The molecule has 2 amide bonds. The molecule has 4 rings (SSSR count). The molecule has 1 N–H and O–H groups in total. The summed E-state index contributed by atoms with van der Waals surface area (Å²) < 4.78 is 0. The molecular weight excluding hydrogens is 374 g/mol. The predicted octanol–water partition coefficient (Wildman–Crippen LogP) is 2.94. The highest BCUT2D eigenvalue weighted by atomic mass is 35.5. The third-order valence-corrected chi connectivity index (χ3v) is 5.15. The maximum Gasteiger partial charge on any atom is 0.247 e. The van der Waals surface area contributed by atoms with Crippen LogP contribution in [0.2, 0.25) is 5.02 Å². The van der Waals surface area contributed by atoms with Crippen molar-refractivity contribution in [2.75, 3.05) is 4.90 Å². The van der Waals surface area contributed by atoms with E-state index in [0.29, 0.717) is 21.7 Å². The number of pyridine rings is 1. The highest BCUT2D eigenvalue weighted by Gasteiger charge is 2.40. The van der Waals surface area contributed by atoms with Crippen LogP contribution in [0.15, 0.2) is 53.9 Å². The Hall–Kier alpha value is -2.71. The van der Waals surface area contributed by atoms with E-state index >= 15 is 0 Å². The zero-order valence-corrected chi connectivity index (χ0v) is 14.9. The lowest BCUT2D eigenvalue weighted by Crippen LogP contribution is -2.31. The third kappa shape index (κ3) is 3.21. The first-order chi connectivity index (χ1) is 12.6. The summed E-state index contributed by atoms with van der Waals surface area (Å²) in [4.78, 5) is 34.5. The van der Waals surface area contributed by atoms with Crippen molar-refractivity contribution in [3.63, 3.8) is 0 Å². The molecule has 7 nitrogen and oxygen atoms in total. The second-order valence-corrected chi connectivity index (χ2v) is 7.16. The minimum absolute atomic E-state index is 0.102. The molecule has 26 heavy (non-hydrogen) atoms. The zero-order valence-electron chi connectivity index (χ0n) is 13.3. The number of H-pyrrole nitrogens is 1. The van der Waals surface area contributed by atoms with Gasteiger partial charge in [-0.1, -0.05) is 23.4 Å². The van der Waals surface area contributed by atoms with Crippen LogP contribution in [-0.4, -0.2) is 37.2 Å². The smallest absolute Gasteiger partial charge is 0.247 e. The highest BCUT2D eigenvalue weighted by Crippen LogP contribution is 2.33. The van der Waals surface area contributed by atoms with Gasteiger partial charge in [0.2, 0.25) is 17.0 Å². The van der Waals surface area contributed by atoms with Crippen molar-refractivity contribution in [3.05, 3.63) is 53.8 Å². The second kappa shape index (κ2) is 6.89. The van der Waals surface area contributed by atoms with Gasteiger partial charge in [0.15, 0.2) is 5.82 Å². The summed E-state index contributed by atoms with van der Waals surface area (Å²) in [6.45, 7) is 0. The van der Waals surface area contributed by atoms with Crippen molar-refractivity contribution in [3.8, 4) is 11.4 Å².